The Hall–Kier alpha value is -3.45. The van der Waals surface area contributed by atoms with Gasteiger partial charge in [-0.05, 0) is 67.3 Å². The molecular formula is C32H38FN3O3. The fourth-order valence-electron chi connectivity index (χ4n) is 6.07. The predicted molar refractivity (Wildman–Crippen MR) is 150 cm³/mol. The van der Waals surface area contributed by atoms with E-state index in [1.54, 1.807) is 31.5 Å². The van der Waals surface area contributed by atoms with E-state index in [9.17, 15) is 9.18 Å². The summed E-state index contributed by atoms with van der Waals surface area (Å²) in [5.74, 6) is 1.12. The summed E-state index contributed by atoms with van der Waals surface area (Å²) in [6.45, 7) is 4.01. The van der Waals surface area contributed by atoms with Crippen molar-refractivity contribution in [1.29, 1.82) is 0 Å². The number of ether oxygens (including phenoxy) is 2. The molecule has 39 heavy (non-hydrogen) atoms. The highest BCUT2D eigenvalue weighted by Gasteiger charge is 2.38. The summed E-state index contributed by atoms with van der Waals surface area (Å²) < 4.78 is 26.3. The molecule has 0 atom stereocenters. The number of carbonyl (C=O) groups is 1. The molecule has 1 saturated heterocycles. The molecule has 0 aliphatic carbocycles. The van der Waals surface area contributed by atoms with Crippen LogP contribution in [0.25, 0.3) is 0 Å². The molecule has 3 heterocycles. The zero-order valence-corrected chi connectivity index (χ0v) is 22.8. The third-order valence-corrected chi connectivity index (χ3v) is 8.26. The zero-order valence-electron chi connectivity index (χ0n) is 22.8. The molecule has 7 heteroatoms. The molecule has 0 N–H and O–H groups in total. The molecule has 3 aromatic rings. The number of piperidine rings is 1. The van der Waals surface area contributed by atoms with Gasteiger partial charge in [0.15, 0.2) is 0 Å². The molecule has 6 nitrogen and oxygen atoms in total. The summed E-state index contributed by atoms with van der Waals surface area (Å²) in [5.41, 5.74) is 2.52. The first kappa shape index (κ1) is 27.1. The summed E-state index contributed by atoms with van der Waals surface area (Å²) in [4.78, 5) is 21.8. The number of amides is 1. The Morgan fingerprint density at radius 1 is 1.00 bits per heavy atom. The van der Waals surface area contributed by atoms with E-state index in [1.807, 2.05) is 29.2 Å². The maximum Gasteiger partial charge on any atom is 0.259 e. The van der Waals surface area contributed by atoms with Crippen molar-refractivity contribution in [2.24, 2.45) is 5.41 Å². The van der Waals surface area contributed by atoms with Crippen molar-refractivity contribution in [2.75, 3.05) is 39.9 Å². The Kier molecular flexibility index (Phi) is 8.77. The molecule has 206 valence electrons. The van der Waals surface area contributed by atoms with Gasteiger partial charge in [-0.25, -0.2) is 9.37 Å². The largest absolute Gasteiger partial charge is 0.492 e. The maximum absolute atomic E-state index is 14.7. The number of aromatic nitrogens is 1. The third-order valence-electron chi connectivity index (χ3n) is 8.26. The molecule has 0 radical (unpaired) electrons. The minimum Gasteiger partial charge on any atom is -0.492 e. The van der Waals surface area contributed by atoms with Gasteiger partial charge >= 0.3 is 0 Å². The van der Waals surface area contributed by atoms with Crippen LogP contribution in [0.4, 0.5) is 4.39 Å². The van der Waals surface area contributed by atoms with Crippen molar-refractivity contribution >= 4 is 5.91 Å². The Bertz CT molecular complexity index is 1260. The van der Waals surface area contributed by atoms with Crippen molar-refractivity contribution < 1.29 is 18.7 Å². The zero-order chi connectivity index (χ0) is 27.1. The van der Waals surface area contributed by atoms with Gasteiger partial charge in [-0.15, -0.1) is 0 Å². The quantitative estimate of drug-likeness (QED) is 0.429. The van der Waals surface area contributed by atoms with Crippen LogP contribution in [0.1, 0.15) is 53.6 Å². The number of methoxy groups -OCH3 is 1. The average Bonchev–Trinajstić information content (AvgIpc) is 2.96. The molecule has 1 aromatic heterocycles. The first-order valence-corrected chi connectivity index (χ1v) is 14.0. The fraction of sp³-hybridized carbons (Fsp3) is 0.438. The molecule has 1 amide bonds. The van der Waals surface area contributed by atoms with E-state index in [2.05, 4.69) is 22.0 Å². The number of halogens is 1. The Labute approximate surface area is 230 Å². The van der Waals surface area contributed by atoms with Gasteiger partial charge in [0.25, 0.3) is 5.91 Å². The van der Waals surface area contributed by atoms with Gasteiger partial charge in [0.1, 0.15) is 23.7 Å². The summed E-state index contributed by atoms with van der Waals surface area (Å²) in [7, 11) is 1.54. The highest BCUT2D eigenvalue weighted by Crippen LogP contribution is 2.39. The molecule has 5 rings (SSSR count). The standard InChI is InChI=1S/C32H38FN3O3/c1-38-30-27(12-8-18-34-30)31(37)36-19-16-32(17-20-36)15-7-6-10-25-9-3-5-14-29(25)39-22-21-35(24-32)23-26-11-2-4-13-28(26)33/h2-5,8-9,11-14,18H,6-7,10,15-17,19-24H2,1H3. The summed E-state index contributed by atoms with van der Waals surface area (Å²) in [6, 6.07) is 18.9. The second-order valence-electron chi connectivity index (χ2n) is 10.8. The molecule has 0 bridgehead atoms. The number of nitrogens with zero attached hydrogens (tertiary/aromatic N) is 3. The average molecular weight is 532 g/mol. The lowest BCUT2D eigenvalue weighted by atomic mass is 9.73. The number of hydrogen-bond acceptors (Lipinski definition) is 5. The Balaban J connectivity index is 1.35. The van der Waals surface area contributed by atoms with Crippen LogP contribution < -0.4 is 9.47 Å². The van der Waals surface area contributed by atoms with E-state index in [4.69, 9.17) is 9.47 Å². The maximum atomic E-state index is 14.7. The van der Waals surface area contributed by atoms with Crippen LogP contribution in [0.15, 0.2) is 66.9 Å². The van der Waals surface area contributed by atoms with E-state index in [1.165, 1.54) is 11.6 Å². The predicted octanol–water partition coefficient (Wildman–Crippen LogP) is 5.76. The lowest BCUT2D eigenvalue weighted by Gasteiger charge is -2.45. The van der Waals surface area contributed by atoms with Crippen LogP contribution >= 0.6 is 0 Å². The van der Waals surface area contributed by atoms with Crippen LogP contribution in [0.2, 0.25) is 0 Å². The lowest BCUT2D eigenvalue weighted by Crippen LogP contribution is -2.48. The molecular weight excluding hydrogens is 493 g/mol. The number of benzene rings is 2. The van der Waals surface area contributed by atoms with E-state index in [0.29, 0.717) is 49.8 Å². The van der Waals surface area contributed by atoms with Crippen molar-refractivity contribution in [3.05, 3.63) is 89.4 Å². The second-order valence-corrected chi connectivity index (χ2v) is 10.8. The van der Waals surface area contributed by atoms with Crippen LogP contribution in [0, 0.1) is 11.2 Å². The minimum absolute atomic E-state index is 0.0313. The van der Waals surface area contributed by atoms with Crippen molar-refractivity contribution in [2.45, 2.75) is 45.1 Å². The summed E-state index contributed by atoms with van der Waals surface area (Å²) in [5, 5.41) is 0. The highest BCUT2D eigenvalue weighted by atomic mass is 19.1. The number of aryl methyl sites for hydroxylation is 1. The van der Waals surface area contributed by atoms with Crippen molar-refractivity contribution in [3.8, 4) is 11.6 Å². The molecule has 0 saturated carbocycles. The summed E-state index contributed by atoms with van der Waals surface area (Å²) in [6.07, 6.45) is 7.73. The molecule has 1 fully saturated rings. The van der Waals surface area contributed by atoms with Gasteiger partial charge in [-0.2, -0.15) is 0 Å². The van der Waals surface area contributed by atoms with E-state index in [0.717, 1.165) is 50.8 Å². The normalized spacial score (nSPS) is 18.4. The first-order valence-electron chi connectivity index (χ1n) is 14.0. The van der Waals surface area contributed by atoms with Crippen molar-refractivity contribution in [3.63, 3.8) is 0 Å². The molecule has 2 aliphatic rings. The summed E-state index contributed by atoms with van der Waals surface area (Å²) >= 11 is 0. The number of likely N-dealkylation sites (tertiary alicyclic amines) is 1. The van der Waals surface area contributed by atoms with Gasteiger partial charge in [-0.3, -0.25) is 9.69 Å². The van der Waals surface area contributed by atoms with E-state index >= 15 is 0 Å². The van der Waals surface area contributed by atoms with Gasteiger partial charge in [0.05, 0.1) is 7.11 Å². The number of rotatable bonds is 4. The molecule has 0 unspecified atom stereocenters. The monoisotopic (exact) mass is 531 g/mol. The van der Waals surface area contributed by atoms with Gasteiger partial charge < -0.3 is 14.4 Å². The first-order chi connectivity index (χ1) is 19.1. The lowest BCUT2D eigenvalue weighted by molar-refractivity contribution is 0.0356. The third kappa shape index (κ3) is 6.59. The number of hydrogen-bond donors (Lipinski definition) is 0. The van der Waals surface area contributed by atoms with Crippen molar-refractivity contribution in [1.82, 2.24) is 14.8 Å². The molecule has 1 spiro atoms. The number of carbonyl (C=O) groups excluding carboxylic acids is 1. The fourth-order valence-corrected chi connectivity index (χ4v) is 6.07. The smallest absolute Gasteiger partial charge is 0.259 e. The van der Waals surface area contributed by atoms with E-state index in [-0.39, 0.29) is 17.1 Å². The molecule has 2 aliphatic heterocycles. The SMILES string of the molecule is COc1ncccc1C(=O)N1CCC2(CCCCc3ccccc3OCCN(Cc3ccccc3F)C2)CC1. The second kappa shape index (κ2) is 12.6. The van der Waals surface area contributed by atoms with Crippen LogP contribution in [0.3, 0.4) is 0 Å². The van der Waals surface area contributed by atoms with Gasteiger partial charge in [-0.1, -0.05) is 42.8 Å². The van der Waals surface area contributed by atoms with Crippen LogP contribution in [-0.2, 0) is 13.0 Å². The minimum atomic E-state index is -0.172. The Morgan fingerprint density at radius 2 is 1.79 bits per heavy atom. The highest BCUT2D eigenvalue weighted by molar-refractivity contribution is 5.96. The van der Waals surface area contributed by atoms with Crippen LogP contribution in [-0.4, -0.2) is 60.6 Å². The Morgan fingerprint density at radius 3 is 2.62 bits per heavy atom. The van der Waals surface area contributed by atoms with E-state index < -0.39 is 0 Å². The number of pyridine rings is 1. The van der Waals surface area contributed by atoms with Gasteiger partial charge in [0.2, 0.25) is 5.88 Å². The number of para-hydroxylation sites is 1. The topological polar surface area (TPSA) is 54.9 Å². The molecule has 2 aromatic carbocycles. The van der Waals surface area contributed by atoms with Crippen LogP contribution in [0.5, 0.6) is 11.6 Å². The van der Waals surface area contributed by atoms with Gasteiger partial charge in [0, 0.05) is 44.5 Å². The number of fused-ring (bicyclic) bond motifs is 1.